The summed E-state index contributed by atoms with van der Waals surface area (Å²) in [6.07, 6.45) is 9.90. The molecule has 2 N–H and O–H groups in total. The topological polar surface area (TPSA) is 65.2 Å². The van der Waals surface area contributed by atoms with Crippen LogP contribution in [-0.4, -0.2) is 41.0 Å². The Balaban J connectivity index is 1.52. The van der Waals surface area contributed by atoms with Gasteiger partial charge in [0.1, 0.15) is 5.69 Å². The van der Waals surface area contributed by atoms with Crippen LogP contribution < -0.4 is 10.9 Å². The molecule has 1 aromatic heterocycles. The lowest BCUT2D eigenvalue weighted by molar-refractivity contribution is 0.0326. The lowest BCUT2D eigenvalue weighted by Crippen LogP contribution is -2.58. The van der Waals surface area contributed by atoms with E-state index in [-0.39, 0.29) is 17.0 Å². The van der Waals surface area contributed by atoms with Crippen LogP contribution in [0, 0.1) is 0 Å². The Labute approximate surface area is 160 Å². The molecule has 0 unspecified atom stereocenters. The van der Waals surface area contributed by atoms with Crippen molar-refractivity contribution in [1.29, 1.82) is 0 Å². The molecule has 1 saturated heterocycles. The predicted molar refractivity (Wildman–Crippen MR) is 108 cm³/mol. The molecule has 1 aliphatic heterocycles. The van der Waals surface area contributed by atoms with Gasteiger partial charge < -0.3 is 10.3 Å². The quantitative estimate of drug-likeness (QED) is 0.870. The number of H-pyrrole nitrogens is 1. The number of carbonyl (C=O) groups excluding carboxylic acids is 1. The SMILES string of the molecule is O=C(NCC1(N2CCCCC2)CCCCC1)c1cc2ccccc2c(=O)[nH]1. The largest absolute Gasteiger partial charge is 0.349 e. The summed E-state index contributed by atoms with van der Waals surface area (Å²) in [5.41, 5.74) is 0.232. The molecule has 144 valence electrons. The molecule has 1 amide bonds. The van der Waals surface area contributed by atoms with E-state index in [1.165, 1.54) is 38.5 Å². The van der Waals surface area contributed by atoms with Crippen molar-refractivity contribution in [2.45, 2.75) is 56.9 Å². The van der Waals surface area contributed by atoms with Gasteiger partial charge in [-0.2, -0.15) is 0 Å². The van der Waals surface area contributed by atoms with E-state index in [9.17, 15) is 9.59 Å². The van der Waals surface area contributed by atoms with Crippen molar-refractivity contribution >= 4 is 16.7 Å². The van der Waals surface area contributed by atoms with Crippen molar-refractivity contribution in [3.8, 4) is 0 Å². The zero-order chi connectivity index (χ0) is 18.7. The van der Waals surface area contributed by atoms with E-state index in [0.29, 0.717) is 17.6 Å². The summed E-state index contributed by atoms with van der Waals surface area (Å²) >= 11 is 0. The van der Waals surface area contributed by atoms with Crippen LogP contribution in [-0.2, 0) is 0 Å². The van der Waals surface area contributed by atoms with Gasteiger partial charge in [-0.15, -0.1) is 0 Å². The average Bonchev–Trinajstić information content (AvgIpc) is 2.73. The average molecular weight is 367 g/mol. The first-order valence-corrected chi connectivity index (χ1v) is 10.3. The minimum atomic E-state index is -0.207. The number of rotatable bonds is 4. The predicted octanol–water partition coefficient (Wildman–Crippen LogP) is 3.45. The van der Waals surface area contributed by atoms with E-state index < -0.39 is 0 Å². The Hall–Kier alpha value is -2.14. The van der Waals surface area contributed by atoms with Crippen LogP contribution in [0.4, 0.5) is 0 Å². The molecule has 4 rings (SSSR count). The Morgan fingerprint density at radius 1 is 1.04 bits per heavy atom. The third-order valence-electron chi connectivity index (χ3n) is 6.39. The number of hydrogen-bond donors (Lipinski definition) is 2. The molecule has 2 aromatic rings. The van der Waals surface area contributed by atoms with Crippen LogP contribution in [0.1, 0.15) is 61.9 Å². The fourth-order valence-corrected chi connectivity index (χ4v) is 4.86. The maximum Gasteiger partial charge on any atom is 0.267 e. The minimum absolute atomic E-state index is 0.0888. The van der Waals surface area contributed by atoms with E-state index in [1.807, 2.05) is 18.2 Å². The molecule has 2 heterocycles. The summed E-state index contributed by atoms with van der Waals surface area (Å²) in [7, 11) is 0. The van der Waals surface area contributed by atoms with Gasteiger partial charge in [0.25, 0.3) is 11.5 Å². The molecule has 5 heteroatoms. The van der Waals surface area contributed by atoms with Gasteiger partial charge in [-0.25, -0.2) is 0 Å². The summed E-state index contributed by atoms with van der Waals surface area (Å²) in [5.74, 6) is -0.181. The highest BCUT2D eigenvalue weighted by Gasteiger charge is 2.38. The molecule has 5 nitrogen and oxygen atoms in total. The van der Waals surface area contributed by atoms with Gasteiger partial charge in [0.15, 0.2) is 0 Å². The number of nitrogens with one attached hydrogen (secondary N) is 2. The Kier molecular flexibility index (Phi) is 5.30. The van der Waals surface area contributed by atoms with Gasteiger partial charge in [0.2, 0.25) is 0 Å². The Morgan fingerprint density at radius 2 is 1.74 bits per heavy atom. The molecular formula is C22H29N3O2. The minimum Gasteiger partial charge on any atom is -0.349 e. The lowest BCUT2D eigenvalue weighted by Gasteiger charge is -2.48. The van der Waals surface area contributed by atoms with E-state index in [4.69, 9.17) is 0 Å². The smallest absolute Gasteiger partial charge is 0.267 e. The lowest BCUT2D eigenvalue weighted by atomic mass is 9.79. The molecule has 0 radical (unpaired) electrons. The number of hydrogen-bond acceptors (Lipinski definition) is 3. The number of benzene rings is 1. The second-order valence-electron chi connectivity index (χ2n) is 8.11. The normalized spacial score (nSPS) is 20.4. The number of pyridine rings is 1. The Bertz CT molecular complexity index is 861. The molecule has 1 aliphatic carbocycles. The zero-order valence-corrected chi connectivity index (χ0v) is 15.9. The van der Waals surface area contributed by atoms with Crippen molar-refractivity contribution < 1.29 is 4.79 Å². The first kappa shape index (κ1) is 18.2. The second kappa shape index (κ2) is 7.85. The molecule has 0 bridgehead atoms. The highest BCUT2D eigenvalue weighted by atomic mass is 16.2. The Morgan fingerprint density at radius 3 is 2.52 bits per heavy atom. The molecule has 27 heavy (non-hydrogen) atoms. The molecule has 2 aliphatic rings. The maximum atomic E-state index is 12.8. The summed E-state index contributed by atoms with van der Waals surface area (Å²) in [5, 5.41) is 4.57. The van der Waals surface area contributed by atoms with Gasteiger partial charge >= 0.3 is 0 Å². The van der Waals surface area contributed by atoms with Gasteiger partial charge in [0.05, 0.1) is 0 Å². The third kappa shape index (κ3) is 3.79. The number of aromatic amines is 1. The number of aromatic nitrogens is 1. The standard InChI is InChI=1S/C22H29N3O2/c26-20-18-10-4-3-9-17(18)15-19(24-20)21(27)23-16-22(11-5-1-6-12-22)25-13-7-2-8-14-25/h3-4,9-10,15H,1-2,5-8,11-14,16H2,(H,23,27)(H,24,26). The number of carbonyl (C=O) groups is 1. The number of nitrogens with zero attached hydrogens (tertiary/aromatic N) is 1. The molecular weight excluding hydrogens is 338 g/mol. The number of fused-ring (bicyclic) bond motifs is 1. The van der Waals surface area contributed by atoms with Crippen LogP contribution in [0.5, 0.6) is 0 Å². The summed E-state index contributed by atoms with van der Waals surface area (Å²) in [6, 6.07) is 9.15. The monoisotopic (exact) mass is 367 g/mol. The van der Waals surface area contributed by atoms with Crippen molar-refractivity contribution in [1.82, 2.24) is 15.2 Å². The number of likely N-dealkylation sites (tertiary alicyclic amines) is 1. The van der Waals surface area contributed by atoms with Crippen molar-refractivity contribution in [3.63, 3.8) is 0 Å². The summed E-state index contributed by atoms with van der Waals surface area (Å²) in [4.78, 5) is 30.5. The van der Waals surface area contributed by atoms with Crippen molar-refractivity contribution in [3.05, 3.63) is 46.4 Å². The van der Waals surface area contributed by atoms with Crippen molar-refractivity contribution in [2.24, 2.45) is 0 Å². The van der Waals surface area contributed by atoms with Gasteiger partial charge in [-0.1, -0.05) is 43.9 Å². The molecule has 1 aromatic carbocycles. The number of piperidine rings is 1. The fourth-order valence-electron chi connectivity index (χ4n) is 4.86. The highest BCUT2D eigenvalue weighted by molar-refractivity contribution is 5.96. The molecule has 0 atom stereocenters. The highest BCUT2D eigenvalue weighted by Crippen LogP contribution is 2.35. The van der Waals surface area contributed by atoms with Crippen LogP contribution in [0.3, 0.4) is 0 Å². The van der Waals surface area contributed by atoms with Crippen LogP contribution in [0.25, 0.3) is 10.8 Å². The number of amides is 1. The van der Waals surface area contributed by atoms with E-state index in [2.05, 4.69) is 15.2 Å². The van der Waals surface area contributed by atoms with Crippen molar-refractivity contribution in [2.75, 3.05) is 19.6 Å². The summed E-state index contributed by atoms with van der Waals surface area (Å²) in [6.45, 7) is 2.95. The van der Waals surface area contributed by atoms with Gasteiger partial charge in [0, 0.05) is 17.5 Å². The van der Waals surface area contributed by atoms with E-state index >= 15 is 0 Å². The molecule has 1 saturated carbocycles. The molecule has 0 spiro atoms. The zero-order valence-electron chi connectivity index (χ0n) is 15.9. The van der Waals surface area contributed by atoms with E-state index in [1.54, 1.807) is 12.1 Å². The first-order valence-electron chi connectivity index (χ1n) is 10.3. The maximum absolute atomic E-state index is 12.8. The third-order valence-corrected chi connectivity index (χ3v) is 6.39. The van der Waals surface area contributed by atoms with Crippen LogP contribution in [0.2, 0.25) is 0 Å². The molecule has 2 fully saturated rings. The van der Waals surface area contributed by atoms with Crippen LogP contribution >= 0.6 is 0 Å². The van der Waals surface area contributed by atoms with E-state index in [0.717, 1.165) is 31.3 Å². The summed E-state index contributed by atoms with van der Waals surface area (Å²) < 4.78 is 0. The first-order chi connectivity index (χ1) is 13.2. The fraction of sp³-hybridized carbons (Fsp3) is 0.545. The second-order valence-corrected chi connectivity index (χ2v) is 8.11. The van der Waals surface area contributed by atoms with Gasteiger partial charge in [-0.3, -0.25) is 14.5 Å². The van der Waals surface area contributed by atoms with Crippen LogP contribution in [0.15, 0.2) is 35.1 Å². The van der Waals surface area contributed by atoms with Gasteiger partial charge in [-0.05, 0) is 56.3 Å².